The monoisotopic (exact) mass is 455 g/mol. The third kappa shape index (κ3) is 5.49. The van der Waals surface area contributed by atoms with E-state index in [4.69, 9.17) is 0 Å². The highest BCUT2D eigenvalue weighted by Gasteiger charge is 2.30. The molecule has 164 valence electrons. The van der Waals surface area contributed by atoms with Gasteiger partial charge in [0.25, 0.3) is 0 Å². The van der Waals surface area contributed by atoms with Gasteiger partial charge in [0.2, 0.25) is 5.91 Å². The second-order valence-electron chi connectivity index (χ2n) is 8.02. The van der Waals surface area contributed by atoms with Crippen LogP contribution in [0.1, 0.15) is 50.4 Å². The summed E-state index contributed by atoms with van der Waals surface area (Å²) in [6.45, 7) is 7.47. The molecular weight excluding hydrogens is 426 g/mol. The van der Waals surface area contributed by atoms with E-state index in [2.05, 4.69) is 75.4 Å². The van der Waals surface area contributed by atoms with Crippen molar-refractivity contribution in [1.29, 1.82) is 0 Å². The molecular formula is C23H29N5OS2. The van der Waals surface area contributed by atoms with Gasteiger partial charge in [-0.15, -0.1) is 21.5 Å². The van der Waals surface area contributed by atoms with Gasteiger partial charge in [0.1, 0.15) is 5.82 Å². The first-order valence-electron chi connectivity index (χ1n) is 10.8. The van der Waals surface area contributed by atoms with Crippen molar-refractivity contribution in [3.8, 4) is 0 Å². The number of rotatable bonds is 10. The van der Waals surface area contributed by atoms with Gasteiger partial charge in [-0.2, -0.15) is 0 Å². The summed E-state index contributed by atoms with van der Waals surface area (Å²) in [5, 5.41) is 14.7. The number of carbonyl (C=O) groups is 1. The number of hydrogen-bond donors (Lipinski definition) is 1. The Balaban J connectivity index is 1.35. The van der Waals surface area contributed by atoms with Crippen LogP contribution in [0.15, 0.2) is 46.9 Å². The van der Waals surface area contributed by atoms with Crippen molar-refractivity contribution in [3.63, 3.8) is 0 Å². The van der Waals surface area contributed by atoms with Crippen LogP contribution in [0.25, 0.3) is 0 Å². The van der Waals surface area contributed by atoms with Crippen LogP contribution in [-0.4, -0.2) is 39.0 Å². The lowest BCUT2D eigenvalue weighted by Gasteiger charge is -2.27. The van der Waals surface area contributed by atoms with E-state index in [1.54, 1.807) is 11.3 Å². The number of amides is 1. The van der Waals surface area contributed by atoms with Gasteiger partial charge in [0.05, 0.1) is 5.75 Å². The molecule has 0 aliphatic heterocycles. The number of nitrogens with one attached hydrogen (secondary N) is 1. The minimum absolute atomic E-state index is 0.0286. The Morgan fingerprint density at radius 3 is 2.65 bits per heavy atom. The lowest BCUT2D eigenvalue weighted by Crippen LogP contribution is -2.30. The van der Waals surface area contributed by atoms with Crippen LogP contribution in [-0.2, 0) is 11.2 Å². The van der Waals surface area contributed by atoms with Gasteiger partial charge in [-0.3, -0.25) is 4.79 Å². The first kappa shape index (κ1) is 21.9. The maximum atomic E-state index is 12.5. The zero-order valence-corrected chi connectivity index (χ0v) is 19.9. The quantitative estimate of drug-likeness (QED) is 0.424. The van der Waals surface area contributed by atoms with Gasteiger partial charge < -0.3 is 14.8 Å². The maximum absolute atomic E-state index is 12.5. The summed E-state index contributed by atoms with van der Waals surface area (Å²) < 4.78 is 2.23. The molecule has 3 aromatic rings. The molecule has 0 atom stereocenters. The van der Waals surface area contributed by atoms with Gasteiger partial charge >= 0.3 is 0 Å². The predicted octanol–water partition coefficient (Wildman–Crippen LogP) is 5.23. The fourth-order valence-electron chi connectivity index (χ4n) is 3.70. The Hall–Kier alpha value is -2.32. The number of thioether (sulfide) groups is 1. The van der Waals surface area contributed by atoms with E-state index >= 15 is 0 Å². The summed E-state index contributed by atoms with van der Waals surface area (Å²) in [6.07, 6.45) is 3.12. The molecule has 1 N–H and O–H groups in total. The van der Waals surface area contributed by atoms with Crippen LogP contribution in [0.4, 0.5) is 11.4 Å². The molecule has 8 heteroatoms. The van der Waals surface area contributed by atoms with Crippen LogP contribution < -0.4 is 10.2 Å². The molecule has 4 rings (SSSR count). The Morgan fingerprint density at radius 2 is 2.03 bits per heavy atom. The number of carbonyl (C=O) groups excluding carboxylic acids is 1. The van der Waals surface area contributed by atoms with E-state index in [9.17, 15) is 4.79 Å². The molecule has 0 bridgehead atoms. The minimum atomic E-state index is -0.0286. The van der Waals surface area contributed by atoms with E-state index in [1.807, 2.05) is 12.1 Å². The average Bonchev–Trinajstić information content (AvgIpc) is 3.30. The van der Waals surface area contributed by atoms with E-state index < -0.39 is 0 Å². The third-order valence-electron chi connectivity index (χ3n) is 5.34. The molecule has 1 aliphatic rings. The molecule has 0 saturated heterocycles. The number of hydrogen-bond acceptors (Lipinski definition) is 6. The molecule has 0 unspecified atom stereocenters. The van der Waals surface area contributed by atoms with Crippen molar-refractivity contribution >= 4 is 40.4 Å². The fraction of sp³-hybridized carbons (Fsp3) is 0.435. The van der Waals surface area contributed by atoms with Gasteiger partial charge in [0.15, 0.2) is 5.16 Å². The molecule has 2 heterocycles. The van der Waals surface area contributed by atoms with Crippen molar-refractivity contribution in [1.82, 2.24) is 14.8 Å². The molecule has 6 nitrogen and oxygen atoms in total. The van der Waals surface area contributed by atoms with Gasteiger partial charge in [-0.1, -0.05) is 17.8 Å². The number of aromatic nitrogens is 3. The molecule has 31 heavy (non-hydrogen) atoms. The van der Waals surface area contributed by atoms with Gasteiger partial charge in [0, 0.05) is 41.3 Å². The van der Waals surface area contributed by atoms with E-state index in [0.29, 0.717) is 17.8 Å². The van der Waals surface area contributed by atoms with Crippen LogP contribution in [0.5, 0.6) is 0 Å². The molecule has 1 saturated carbocycles. The number of anilines is 2. The lowest BCUT2D eigenvalue weighted by molar-refractivity contribution is -0.113. The smallest absolute Gasteiger partial charge is 0.234 e. The van der Waals surface area contributed by atoms with Crippen molar-refractivity contribution < 1.29 is 4.79 Å². The Labute approximate surface area is 192 Å². The number of benzene rings is 1. The zero-order chi connectivity index (χ0) is 21.8. The summed E-state index contributed by atoms with van der Waals surface area (Å²) in [7, 11) is 0. The van der Waals surface area contributed by atoms with Crippen molar-refractivity contribution in [2.75, 3.05) is 22.5 Å². The number of thiophene rings is 1. The highest BCUT2D eigenvalue weighted by Crippen LogP contribution is 2.39. The van der Waals surface area contributed by atoms with Crippen LogP contribution >= 0.6 is 23.1 Å². The molecule has 2 aromatic heterocycles. The molecule has 1 fully saturated rings. The lowest BCUT2D eigenvalue weighted by atomic mass is 10.2. The SMILES string of the molecule is CCN(c1ccc(NC(=O)CSc2nnc(Cc3cccs3)n2C2CC2)cc1)C(C)C. The molecule has 1 aromatic carbocycles. The second-order valence-corrected chi connectivity index (χ2v) is 9.99. The van der Waals surface area contributed by atoms with E-state index in [1.165, 1.54) is 22.3 Å². The minimum Gasteiger partial charge on any atom is -0.369 e. The first-order chi connectivity index (χ1) is 15.0. The fourth-order valence-corrected chi connectivity index (χ4v) is 5.23. The first-order valence-corrected chi connectivity index (χ1v) is 12.7. The van der Waals surface area contributed by atoms with Crippen LogP contribution in [0.2, 0.25) is 0 Å². The van der Waals surface area contributed by atoms with Crippen LogP contribution in [0.3, 0.4) is 0 Å². The largest absolute Gasteiger partial charge is 0.369 e. The normalized spacial score (nSPS) is 13.5. The van der Waals surface area contributed by atoms with Crippen molar-refractivity contribution in [2.45, 2.75) is 57.3 Å². The second kappa shape index (κ2) is 9.87. The Morgan fingerprint density at radius 1 is 1.26 bits per heavy atom. The van der Waals surface area contributed by atoms with Gasteiger partial charge in [-0.25, -0.2) is 0 Å². The maximum Gasteiger partial charge on any atom is 0.234 e. The summed E-state index contributed by atoms with van der Waals surface area (Å²) in [4.78, 5) is 16.1. The Kier molecular flexibility index (Phi) is 6.97. The summed E-state index contributed by atoms with van der Waals surface area (Å²) in [5.74, 6) is 1.28. The summed E-state index contributed by atoms with van der Waals surface area (Å²) in [6, 6.07) is 13.2. The molecule has 0 radical (unpaired) electrons. The van der Waals surface area contributed by atoms with E-state index in [-0.39, 0.29) is 5.91 Å². The molecule has 1 amide bonds. The summed E-state index contributed by atoms with van der Waals surface area (Å²) in [5.41, 5.74) is 1.98. The predicted molar refractivity (Wildman–Crippen MR) is 129 cm³/mol. The zero-order valence-electron chi connectivity index (χ0n) is 18.2. The highest BCUT2D eigenvalue weighted by atomic mass is 32.2. The van der Waals surface area contributed by atoms with Crippen LogP contribution in [0, 0.1) is 0 Å². The topological polar surface area (TPSA) is 63.1 Å². The third-order valence-corrected chi connectivity index (χ3v) is 7.16. The van der Waals surface area contributed by atoms with E-state index in [0.717, 1.165) is 42.5 Å². The van der Waals surface area contributed by atoms with Crippen molar-refractivity contribution in [2.24, 2.45) is 0 Å². The van der Waals surface area contributed by atoms with Gasteiger partial charge in [-0.05, 0) is 69.3 Å². The standard InChI is InChI=1S/C23H29N5OS2/c1-4-27(16(2)3)18-9-7-17(8-10-18)24-22(29)15-31-23-26-25-21(28(23)19-11-12-19)14-20-6-5-13-30-20/h5-10,13,16,19H,4,11-12,14-15H2,1-3H3,(H,24,29). The summed E-state index contributed by atoms with van der Waals surface area (Å²) >= 11 is 3.20. The average molecular weight is 456 g/mol. The number of nitrogens with zero attached hydrogens (tertiary/aromatic N) is 4. The molecule has 0 spiro atoms. The van der Waals surface area contributed by atoms with Crippen molar-refractivity contribution in [3.05, 3.63) is 52.5 Å². The molecule has 1 aliphatic carbocycles. The Bertz CT molecular complexity index is 994. The highest BCUT2D eigenvalue weighted by molar-refractivity contribution is 7.99.